The third kappa shape index (κ3) is 4.81. The van der Waals surface area contributed by atoms with Crippen LogP contribution in [0.5, 0.6) is 5.75 Å². The SMILES string of the molecule is C=C(C)C1=CCB(O)OC1CC/C(C)=C/c1ccc(O)c(F)c1. The number of hydrogen-bond donors (Lipinski definition) is 2. The molecule has 2 rings (SSSR count). The summed E-state index contributed by atoms with van der Waals surface area (Å²) in [5.74, 6) is -0.974. The first-order valence-electron chi connectivity index (χ1n) is 7.72. The van der Waals surface area contributed by atoms with E-state index in [1.807, 2.05) is 26.0 Å². The minimum atomic E-state index is -0.765. The number of phenols is 1. The first-order chi connectivity index (χ1) is 10.9. The van der Waals surface area contributed by atoms with Gasteiger partial charge in [0.05, 0.1) is 6.10 Å². The quantitative estimate of drug-likeness (QED) is 0.804. The Bertz CT molecular complexity index is 652. The zero-order chi connectivity index (χ0) is 17.0. The summed E-state index contributed by atoms with van der Waals surface area (Å²) in [5.41, 5.74) is 3.76. The Kier molecular flexibility index (Phi) is 5.80. The van der Waals surface area contributed by atoms with E-state index in [9.17, 15) is 14.5 Å². The number of halogens is 1. The van der Waals surface area contributed by atoms with Crippen LogP contribution in [-0.2, 0) is 4.65 Å². The van der Waals surface area contributed by atoms with Gasteiger partial charge in [-0.15, -0.1) is 0 Å². The van der Waals surface area contributed by atoms with Gasteiger partial charge >= 0.3 is 7.12 Å². The Morgan fingerprint density at radius 3 is 2.87 bits per heavy atom. The highest BCUT2D eigenvalue weighted by molar-refractivity contribution is 6.43. The first-order valence-corrected chi connectivity index (χ1v) is 7.72. The van der Waals surface area contributed by atoms with Crippen molar-refractivity contribution in [3.05, 3.63) is 59.0 Å². The monoisotopic (exact) mass is 316 g/mol. The fourth-order valence-corrected chi connectivity index (χ4v) is 2.68. The van der Waals surface area contributed by atoms with E-state index in [0.29, 0.717) is 11.9 Å². The van der Waals surface area contributed by atoms with Crippen LogP contribution < -0.4 is 0 Å². The Hall–Kier alpha value is -1.85. The number of benzene rings is 1. The van der Waals surface area contributed by atoms with E-state index in [4.69, 9.17) is 4.65 Å². The number of rotatable bonds is 5. The summed E-state index contributed by atoms with van der Waals surface area (Å²) in [4.78, 5) is 0. The van der Waals surface area contributed by atoms with Crippen molar-refractivity contribution in [2.45, 2.75) is 39.1 Å². The fourth-order valence-electron chi connectivity index (χ4n) is 2.68. The molecular formula is C18H22BFO3. The van der Waals surface area contributed by atoms with E-state index in [1.165, 1.54) is 12.1 Å². The normalized spacial score (nSPS) is 18.8. The van der Waals surface area contributed by atoms with Crippen molar-refractivity contribution in [2.24, 2.45) is 0 Å². The van der Waals surface area contributed by atoms with Crippen LogP contribution in [0.3, 0.4) is 0 Å². The molecule has 0 saturated heterocycles. The van der Waals surface area contributed by atoms with Crippen LogP contribution in [0, 0.1) is 5.82 Å². The van der Waals surface area contributed by atoms with Crippen LogP contribution in [0.15, 0.2) is 47.6 Å². The predicted octanol–water partition coefficient (Wildman–Crippen LogP) is 4.10. The van der Waals surface area contributed by atoms with Crippen LogP contribution >= 0.6 is 0 Å². The molecule has 0 aromatic heterocycles. The van der Waals surface area contributed by atoms with E-state index in [2.05, 4.69) is 6.58 Å². The topological polar surface area (TPSA) is 49.7 Å². The van der Waals surface area contributed by atoms with E-state index in [-0.39, 0.29) is 11.9 Å². The summed E-state index contributed by atoms with van der Waals surface area (Å²) in [6.07, 6.45) is 5.65. The van der Waals surface area contributed by atoms with Crippen molar-refractivity contribution >= 4 is 13.2 Å². The molecule has 2 N–H and O–H groups in total. The molecule has 1 aliphatic heterocycles. The summed E-state index contributed by atoms with van der Waals surface area (Å²) in [6.45, 7) is 7.86. The predicted molar refractivity (Wildman–Crippen MR) is 91.5 cm³/mol. The maximum atomic E-state index is 13.3. The Morgan fingerprint density at radius 1 is 1.48 bits per heavy atom. The third-order valence-corrected chi connectivity index (χ3v) is 3.89. The van der Waals surface area contributed by atoms with Gasteiger partial charge < -0.3 is 14.8 Å². The molecule has 0 radical (unpaired) electrons. The lowest BCUT2D eigenvalue weighted by molar-refractivity contribution is 0.183. The molecule has 0 saturated carbocycles. The van der Waals surface area contributed by atoms with Gasteiger partial charge in [-0.25, -0.2) is 4.39 Å². The Labute approximate surface area is 136 Å². The second-order valence-electron chi connectivity index (χ2n) is 6.00. The summed E-state index contributed by atoms with van der Waals surface area (Å²) in [6, 6.07) is 4.32. The minimum Gasteiger partial charge on any atom is -0.505 e. The summed E-state index contributed by atoms with van der Waals surface area (Å²) in [5, 5.41) is 18.9. The lowest BCUT2D eigenvalue weighted by Crippen LogP contribution is -2.31. The highest BCUT2D eigenvalue weighted by Crippen LogP contribution is 2.27. The van der Waals surface area contributed by atoms with Gasteiger partial charge in [-0.05, 0) is 50.0 Å². The molecule has 1 unspecified atom stereocenters. The molecule has 0 bridgehead atoms. The largest absolute Gasteiger partial charge is 0.505 e. The lowest BCUT2D eigenvalue weighted by Gasteiger charge is -2.27. The molecular weight excluding hydrogens is 294 g/mol. The van der Waals surface area contributed by atoms with Gasteiger partial charge in [-0.2, -0.15) is 0 Å². The van der Waals surface area contributed by atoms with Crippen LogP contribution in [-0.4, -0.2) is 23.4 Å². The molecule has 1 aromatic carbocycles. The molecule has 3 nitrogen and oxygen atoms in total. The highest BCUT2D eigenvalue weighted by atomic mass is 19.1. The van der Waals surface area contributed by atoms with Crippen LogP contribution in [0.25, 0.3) is 6.08 Å². The maximum absolute atomic E-state index is 13.3. The third-order valence-electron chi connectivity index (χ3n) is 3.89. The summed E-state index contributed by atoms with van der Waals surface area (Å²) in [7, 11) is -0.765. The van der Waals surface area contributed by atoms with E-state index in [0.717, 1.165) is 29.6 Å². The van der Waals surface area contributed by atoms with Gasteiger partial charge in [-0.3, -0.25) is 0 Å². The van der Waals surface area contributed by atoms with E-state index < -0.39 is 12.9 Å². The van der Waals surface area contributed by atoms with E-state index in [1.54, 1.807) is 6.07 Å². The smallest absolute Gasteiger partial charge is 0.458 e. The highest BCUT2D eigenvalue weighted by Gasteiger charge is 2.26. The van der Waals surface area contributed by atoms with Gasteiger partial charge in [0.1, 0.15) is 0 Å². The molecule has 0 aliphatic carbocycles. The van der Waals surface area contributed by atoms with Crippen LogP contribution in [0.1, 0.15) is 32.3 Å². The van der Waals surface area contributed by atoms with Gasteiger partial charge in [0, 0.05) is 6.32 Å². The van der Waals surface area contributed by atoms with E-state index >= 15 is 0 Å². The zero-order valence-electron chi connectivity index (χ0n) is 13.6. The van der Waals surface area contributed by atoms with Gasteiger partial charge in [0.2, 0.25) is 0 Å². The molecule has 1 atom stereocenters. The Balaban J connectivity index is 2.02. The fraction of sp³-hybridized carbons (Fsp3) is 0.333. The van der Waals surface area contributed by atoms with Crippen molar-refractivity contribution in [2.75, 3.05) is 0 Å². The van der Waals surface area contributed by atoms with Crippen LogP contribution in [0.2, 0.25) is 6.32 Å². The van der Waals surface area contributed by atoms with Crippen LogP contribution in [0.4, 0.5) is 4.39 Å². The van der Waals surface area contributed by atoms with Crippen molar-refractivity contribution in [3.63, 3.8) is 0 Å². The number of allylic oxidation sites excluding steroid dienone is 2. The van der Waals surface area contributed by atoms with Crippen molar-refractivity contribution in [1.82, 2.24) is 0 Å². The molecule has 23 heavy (non-hydrogen) atoms. The molecule has 0 spiro atoms. The first kappa shape index (κ1) is 17.5. The molecule has 5 heteroatoms. The average Bonchev–Trinajstić information content (AvgIpc) is 2.48. The molecule has 122 valence electrons. The number of hydrogen-bond acceptors (Lipinski definition) is 3. The molecule has 0 amide bonds. The minimum absolute atomic E-state index is 0.170. The van der Waals surface area contributed by atoms with Crippen molar-refractivity contribution in [1.29, 1.82) is 0 Å². The van der Waals surface area contributed by atoms with Crippen molar-refractivity contribution in [3.8, 4) is 5.75 Å². The summed E-state index contributed by atoms with van der Waals surface area (Å²) >= 11 is 0. The number of phenolic OH excluding ortho intramolecular Hbond substituents is 1. The molecule has 1 heterocycles. The van der Waals surface area contributed by atoms with Gasteiger partial charge in [-0.1, -0.05) is 35.9 Å². The second-order valence-corrected chi connectivity index (χ2v) is 6.00. The lowest BCUT2D eigenvalue weighted by atomic mass is 9.78. The molecule has 1 aliphatic rings. The second kappa shape index (κ2) is 7.62. The van der Waals surface area contributed by atoms with Crippen molar-refractivity contribution < 1.29 is 19.2 Å². The average molecular weight is 316 g/mol. The zero-order valence-corrected chi connectivity index (χ0v) is 13.6. The summed E-state index contributed by atoms with van der Waals surface area (Å²) < 4.78 is 18.9. The molecule has 1 aromatic rings. The number of aromatic hydroxyl groups is 1. The van der Waals surface area contributed by atoms with Gasteiger partial charge in [0.25, 0.3) is 0 Å². The standard InChI is InChI=1S/C18H22BFO3/c1-12(2)15-8-9-19(22)23-18(15)7-4-13(3)10-14-5-6-17(21)16(20)11-14/h5-6,8,10-11,18,21-22H,1,4,7,9H2,2-3H3/b13-10+. The molecule has 0 fully saturated rings. The van der Waals surface area contributed by atoms with Gasteiger partial charge in [0.15, 0.2) is 11.6 Å². The Morgan fingerprint density at radius 2 is 2.22 bits per heavy atom. The maximum Gasteiger partial charge on any atom is 0.458 e.